The molecule has 1 aliphatic heterocycles. The van der Waals surface area contributed by atoms with E-state index in [0.29, 0.717) is 6.42 Å². The van der Waals surface area contributed by atoms with Gasteiger partial charge >= 0.3 is 0 Å². The molecule has 2 atom stereocenters. The number of halogens is 1. The number of carbonyl (C=O) groups is 1. The van der Waals surface area contributed by atoms with E-state index < -0.39 is 0 Å². The number of amides is 1. The Bertz CT molecular complexity index is 479. The van der Waals surface area contributed by atoms with Gasteiger partial charge in [-0.3, -0.25) is 9.69 Å². The highest BCUT2D eigenvalue weighted by molar-refractivity contribution is 9.10. The number of benzene rings is 1. The maximum absolute atomic E-state index is 11.5. The maximum atomic E-state index is 11.5. The standard InChI is InChI=1S/C14H19BrN2O2/c1-9-10(4-3-5-12(9)15)7-17-8-11(19-2)6-13(17)14(16)18/h3-5,11,13H,6-8H2,1-2H3,(H2,16,18)/t11-,13-/m0/s1. The molecular formula is C14H19BrN2O2. The second-order valence-electron chi connectivity index (χ2n) is 4.96. The number of nitrogens with zero attached hydrogens (tertiary/aromatic N) is 1. The lowest BCUT2D eigenvalue weighted by molar-refractivity contribution is -0.122. The quantitative estimate of drug-likeness (QED) is 0.918. The van der Waals surface area contributed by atoms with Crippen LogP contribution in [0.25, 0.3) is 0 Å². The molecule has 0 bridgehead atoms. The number of hydrogen-bond acceptors (Lipinski definition) is 3. The molecule has 4 nitrogen and oxygen atoms in total. The molecule has 104 valence electrons. The van der Waals surface area contributed by atoms with E-state index in [1.165, 1.54) is 11.1 Å². The van der Waals surface area contributed by atoms with Crippen LogP contribution in [0.2, 0.25) is 0 Å². The third-order valence-electron chi connectivity index (χ3n) is 3.78. The van der Waals surface area contributed by atoms with Crippen LogP contribution in [0, 0.1) is 6.92 Å². The van der Waals surface area contributed by atoms with E-state index >= 15 is 0 Å². The Morgan fingerprint density at radius 3 is 2.95 bits per heavy atom. The molecule has 19 heavy (non-hydrogen) atoms. The summed E-state index contributed by atoms with van der Waals surface area (Å²) in [6.07, 6.45) is 0.767. The smallest absolute Gasteiger partial charge is 0.234 e. The van der Waals surface area contributed by atoms with Crippen molar-refractivity contribution in [3.8, 4) is 0 Å². The van der Waals surface area contributed by atoms with Gasteiger partial charge in [0.25, 0.3) is 0 Å². The molecule has 0 aliphatic carbocycles. The molecule has 1 saturated heterocycles. The van der Waals surface area contributed by atoms with Gasteiger partial charge in [-0.15, -0.1) is 0 Å². The predicted molar refractivity (Wildman–Crippen MR) is 77.7 cm³/mol. The zero-order valence-electron chi connectivity index (χ0n) is 11.2. The summed E-state index contributed by atoms with van der Waals surface area (Å²) in [5.41, 5.74) is 7.89. The number of hydrogen-bond donors (Lipinski definition) is 1. The largest absolute Gasteiger partial charge is 0.380 e. The van der Waals surface area contributed by atoms with Crippen LogP contribution in [-0.4, -0.2) is 36.6 Å². The molecule has 0 aromatic heterocycles. The average molecular weight is 327 g/mol. The van der Waals surface area contributed by atoms with Gasteiger partial charge in [0.15, 0.2) is 0 Å². The Balaban J connectivity index is 2.17. The Labute approximate surface area is 122 Å². The Hall–Kier alpha value is -0.910. The van der Waals surface area contributed by atoms with Crippen molar-refractivity contribution in [3.05, 3.63) is 33.8 Å². The minimum atomic E-state index is -0.271. The van der Waals surface area contributed by atoms with E-state index in [0.717, 1.165) is 17.6 Å². The van der Waals surface area contributed by atoms with Crippen LogP contribution in [0.4, 0.5) is 0 Å². The average Bonchev–Trinajstić information content (AvgIpc) is 2.78. The molecule has 1 aromatic rings. The summed E-state index contributed by atoms with van der Waals surface area (Å²) >= 11 is 3.53. The number of primary amides is 1. The zero-order valence-corrected chi connectivity index (χ0v) is 12.8. The molecule has 0 radical (unpaired) electrons. The third kappa shape index (κ3) is 3.16. The van der Waals surface area contributed by atoms with Crippen molar-refractivity contribution in [2.75, 3.05) is 13.7 Å². The van der Waals surface area contributed by atoms with Gasteiger partial charge in [-0.05, 0) is 30.5 Å². The van der Waals surface area contributed by atoms with Crippen molar-refractivity contribution < 1.29 is 9.53 Å². The lowest BCUT2D eigenvalue weighted by Crippen LogP contribution is -2.39. The second kappa shape index (κ2) is 6.03. The highest BCUT2D eigenvalue weighted by Gasteiger charge is 2.35. The van der Waals surface area contributed by atoms with Crippen LogP contribution in [0.3, 0.4) is 0 Å². The van der Waals surface area contributed by atoms with Gasteiger partial charge in [0.05, 0.1) is 12.1 Å². The van der Waals surface area contributed by atoms with E-state index in [2.05, 4.69) is 33.8 Å². The van der Waals surface area contributed by atoms with Gasteiger partial charge in [-0.25, -0.2) is 0 Å². The van der Waals surface area contributed by atoms with Crippen molar-refractivity contribution in [1.82, 2.24) is 4.90 Å². The lowest BCUT2D eigenvalue weighted by atomic mass is 10.1. The number of rotatable bonds is 4. The summed E-state index contributed by atoms with van der Waals surface area (Å²) in [5.74, 6) is -0.271. The summed E-state index contributed by atoms with van der Waals surface area (Å²) in [5, 5.41) is 0. The van der Waals surface area contributed by atoms with Crippen LogP contribution >= 0.6 is 15.9 Å². The van der Waals surface area contributed by atoms with Gasteiger partial charge in [0.1, 0.15) is 0 Å². The van der Waals surface area contributed by atoms with Crippen LogP contribution in [0.5, 0.6) is 0 Å². The Morgan fingerprint density at radius 2 is 2.32 bits per heavy atom. The molecule has 1 amide bonds. The monoisotopic (exact) mass is 326 g/mol. The van der Waals surface area contributed by atoms with Crippen molar-refractivity contribution in [1.29, 1.82) is 0 Å². The normalized spacial score (nSPS) is 23.7. The van der Waals surface area contributed by atoms with E-state index in [9.17, 15) is 4.79 Å². The van der Waals surface area contributed by atoms with E-state index in [-0.39, 0.29) is 18.1 Å². The first kappa shape index (κ1) is 14.5. The molecule has 1 aliphatic rings. The number of nitrogens with two attached hydrogens (primary N) is 1. The van der Waals surface area contributed by atoms with Crippen LogP contribution in [0.15, 0.2) is 22.7 Å². The van der Waals surface area contributed by atoms with E-state index in [1.807, 2.05) is 12.1 Å². The number of likely N-dealkylation sites (tertiary alicyclic amines) is 1. The summed E-state index contributed by atoms with van der Waals surface area (Å²) in [7, 11) is 1.68. The first-order valence-electron chi connectivity index (χ1n) is 6.33. The van der Waals surface area contributed by atoms with Gasteiger partial charge in [0, 0.05) is 24.7 Å². The highest BCUT2D eigenvalue weighted by atomic mass is 79.9. The number of ether oxygens (including phenoxy) is 1. The van der Waals surface area contributed by atoms with Gasteiger partial charge in [-0.1, -0.05) is 28.1 Å². The summed E-state index contributed by atoms with van der Waals surface area (Å²) in [6.45, 7) is 3.54. The fraction of sp³-hybridized carbons (Fsp3) is 0.500. The second-order valence-corrected chi connectivity index (χ2v) is 5.82. The molecule has 0 spiro atoms. The maximum Gasteiger partial charge on any atom is 0.234 e. The minimum absolute atomic E-state index is 0.0879. The zero-order chi connectivity index (χ0) is 14.0. The van der Waals surface area contributed by atoms with Gasteiger partial charge < -0.3 is 10.5 Å². The van der Waals surface area contributed by atoms with Crippen molar-refractivity contribution in [3.63, 3.8) is 0 Å². The molecule has 0 saturated carbocycles. The Kier molecular flexibility index (Phi) is 4.60. The third-order valence-corrected chi connectivity index (χ3v) is 4.64. The first-order chi connectivity index (χ1) is 9.02. The molecule has 1 fully saturated rings. The molecule has 0 unspecified atom stereocenters. The lowest BCUT2D eigenvalue weighted by Gasteiger charge is -2.22. The van der Waals surface area contributed by atoms with Crippen molar-refractivity contribution >= 4 is 21.8 Å². The van der Waals surface area contributed by atoms with Crippen LogP contribution < -0.4 is 5.73 Å². The van der Waals surface area contributed by atoms with Crippen molar-refractivity contribution in [2.45, 2.75) is 32.0 Å². The molecular weight excluding hydrogens is 308 g/mol. The number of carbonyl (C=O) groups excluding carboxylic acids is 1. The highest BCUT2D eigenvalue weighted by Crippen LogP contribution is 2.25. The topological polar surface area (TPSA) is 55.6 Å². The summed E-state index contributed by atoms with van der Waals surface area (Å²) < 4.78 is 6.44. The molecule has 2 rings (SSSR count). The molecule has 5 heteroatoms. The van der Waals surface area contributed by atoms with Crippen LogP contribution in [-0.2, 0) is 16.1 Å². The Morgan fingerprint density at radius 1 is 1.58 bits per heavy atom. The predicted octanol–water partition coefficient (Wildman–Crippen LogP) is 1.83. The SMILES string of the molecule is CO[C@H]1C[C@@H](C(N)=O)N(Cc2cccc(Br)c2C)C1. The fourth-order valence-corrected chi connectivity index (χ4v) is 2.95. The molecule has 2 N–H and O–H groups in total. The molecule has 1 heterocycles. The van der Waals surface area contributed by atoms with E-state index in [1.54, 1.807) is 7.11 Å². The minimum Gasteiger partial charge on any atom is -0.380 e. The fourth-order valence-electron chi connectivity index (χ4n) is 2.55. The van der Waals surface area contributed by atoms with E-state index in [4.69, 9.17) is 10.5 Å². The van der Waals surface area contributed by atoms with Crippen molar-refractivity contribution in [2.24, 2.45) is 5.73 Å². The van der Waals surface area contributed by atoms with Gasteiger partial charge in [0.2, 0.25) is 5.91 Å². The summed E-state index contributed by atoms with van der Waals surface area (Å²) in [6, 6.07) is 5.88. The summed E-state index contributed by atoms with van der Waals surface area (Å²) in [4.78, 5) is 13.6. The number of methoxy groups -OCH3 is 1. The van der Waals surface area contributed by atoms with Crippen LogP contribution in [0.1, 0.15) is 17.5 Å². The first-order valence-corrected chi connectivity index (χ1v) is 7.12. The molecule has 1 aromatic carbocycles. The van der Waals surface area contributed by atoms with Gasteiger partial charge in [-0.2, -0.15) is 0 Å².